The van der Waals surface area contributed by atoms with E-state index < -0.39 is 10.8 Å². The number of hydrogen-bond acceptors (Lipinski definition) is 7. The average molecular weight is 497 g/mol. The minimum absolute atomic E-state index is 0.0167. The van der Waals surface area contributed by atoms with Crippen molar-refractivity contribution in [1.29, 1.82) is 0 Å². The Balaban J connectivity index is 1.47. The Bertz CT molecular complexity index is 1420. The van der Waals surface area contributed by atoms with E-state index in [-0.39, 0.29) is 28.7 Å². The largest absolute Gasteiger partial charge is 0.487 e. The number of aromatic nitrogens is 1. The number of nitro benzene ring substituents is 1. The van der Waals surface area contributed by atoms with Crippen molar-refractivity contribution in [1.82, 2.24) is 10.3 Å². The van der Waals surface area contributed by atoms with Crippen molar-refractivity contribution in [2.75, 3.05) is 11.9 Å². The van der Waals surface area contributed by atoms with Crippen molar-refractivity contribution in [2.24, 2.45) is 0 Å². The van der Waals surface area contributed by atoms with Gasteiger partial charge in [0.15, 0.2) is 16.4 Å². The number of halogens is 1. The van der Waals surface area contributed by atoms with E-state index in [1.807, 2.05) is 6.07 Å². The Hall–Kier alpha value is -4.02. The van der Waals surface area contributed by atoms with Gasteiger partial charge >= 0.3 is 5.69 Å². The Morgan fingerprint density at radius 3 is 2.79 bits per heavy atom. The van der Waals surface area contributed by atoms with Crippen LogP contribution in [0.25, 0.3) is 22.6 Å². The first-order valence-electron chi connectivity index (χ1n) is 10.0. The molecule has 4 rings (SSSR count). The van der Waals surface area contributed by atoms with E-state index in [0.29, 0.717) is 33.3 Å². The Morgan fingerprint density at radius 1 is 1.21 bits per heavy atom. The standard InChI is InChI=1S/C23H17ClN4O5S/c1-2-32-20-8-6-13(11-18(20)28(30)31)21(29)27-23(34)25-16-5-3-4-14(10-16)22-26-17-12-15(24)7-9-19(17)33-22/h3-12H,2H2,1H3,(H2,25,27,29,34). The maximum Gasteiger partial charge on any atom is 0.311 e. The van der Waals surface area contributed by atoms with Gasteiger partial charge < -0.3 is 14.5 Å². The van der Waals surface area contributed by atoms with Crippen LogP contribution in [0.3, 0.4) is 0 Å². The van der Waals surface area contributed by atoms with Gasteiger partial charge in [-0.3, -0.25) is 20.2 Å². The van der Waals surface area contributed by atoms with Gasteiger partial charge in [-0.05, 0) is 67.7 Å². The van der Waals surface area contributed by atoms with Gasteiger partial charge in [0.25, 0.3) is 5.91 Å². The topological polar surface area (TPSA) is 120 Å². The van der Waals surface area contributed by atoms with Gasteiger partial charge in [0.05, 0.1) is 11.5 Å². The molecule has 1 aromatic heterocycles. The monoisotopic (exact) mass is 496 g/mol. The highest BCUT2D eigenvalue weighted by Crippen LogP contribution is 2.29. The minimum Gasteiger partial charge on any atom is -0.487 e. The van der Waals surface area contributed by atoms with Gasteiger partial charge in [-0.2, -0.15) is 0 Å². The van der Waals surface area contributed by atoms with Gasteiger partial charge in [0, 0.05) is 27.9 Å². The lowest BCUT2D eigenvalue weighted by Gasteiger charge is -2.11. The SMILES string of the molecule is CCOc1ccc(C(=O)NC(=S)Nc2cccc(-c3nc4cc(Cl)ccc4o3)c2)cc1[N+](=O)[O-]. The second-order valence-electron chi connectivity index (χ2n) is 6.99. The number of fused-ring (bicyclic) bond motifs is 1. The number of nitro groups is 1. The van der Waals surface area contributed by atoms with Gasteiger partial charge in [-0.25, -0.2) is 4.98 Å². The first-order chi connectivity index (χ1) is 16.3. The van der Waals surface area contributed by atoms with Crippen molar-refractivity contribution >= 4 is 57.3 Å². The normalized spacial score (nSPS) is 10.6. The molecule has 0 atom stereocenters. The molecule has 0 fully saturated rings. The van der Waals surface area contributed by atoms with E-state index in [2.05, 4.69) is 15.6 Å². The third-order valence-electron chi connectivity index (χ3n) is 4.66. The molecule has 34 heavy (non-hydrogen) atoms. The molecule has 0 saturated carbocycles. The molecule has 0 aliphatic rings. The number of anilines is 1. The van der Waals surface area contributed by atoms with Crippen LogP contribution in [0.4, 0.5) is 11.4 Å². The molecule has 2 N–H and O–H groups in total. The summed E-state index contributed by atoms with van der Waals surface area (Å²) in [5, 5.41) is 17.3. The maximum atomic E-state index is 12.6. The predicted octanol–water partition coefficient (Wildman–Crippen LogP) is 5.58. The Morgan fingerprint density at radius 2 is 2.03 bits per heavy atom. The Labute approximate surface area is 203 Å². The summed E-state index contributed by atoms with van der Waals surface area (Å²) < 4.78 is 11.0. The molecule has 4 aromatic rings. The highest BCUT2D eigenvalue weighted by atomic mass is 35.5. The number of oxazole rings is 1. The molecule has 0 unspecified atom stereocenters. The summed E-state index contributed by atoms with van der Waals surface area (Å²) in [7, 11) is 0. The smallest absolute Gasteiger partial charge is 0.311 e. The summed E-state index contributed by atoms with van der Waals surface area (Å²) in [6.45, 7) is 1.97. The van der Waals surface area contributed by atoms with E-state index in [9.17, 15) is 14.9 Å². The van der Waals surface area contributed by atoms with Gasteiger partial charge in [0.1, 0.15) is 5.52 Å². The lowest BCUT2D eigenvalue weighted by Crippen LogP contribution is -2.34. The average Bonchev–Trinajstić information content (AvgIpc) is 3.22. The molecule has 0 aliphatic heterocycles. The zero-order valence-corrected chi connectivity index (χ0v) is 19.3. The number of ether oxygens (including phenoxy) is 1. The molecule has 3 aromatic carbocycles. The zero-order chi connectivity index (χ0) is 24.2. The molecule has 0 radical (unpaired) electrons. The number of nitrogens with zero attached hydrogens (tertiary/aromatic N) is 2. The van der Waals surface area contributed by atoms with Crippen molar-refractivity contribution in [2.45, 2.75) is 6.92 Å². The van der Waals surface area contributed by atoms with Crippen LogP contribution in [0.15, 0.2) is 65.1 Å². The van der Waals surface area contributed by atoms with E-state index >= 15 is 0 Å². The number of hydrogen-bond donors (Lipinski definition) is 2. The van der Waals surface area contributed by atoms with E-state index in [1.165, 1.54) is 12.1 Å². The lowest BCUT2D eigenvalue weighted by molar-refractivity contribution is -0.385. The minimum atomic E-state index is -0.607. The van der Waals surface area contributed by atoms with Crippen LogP contribution < -0.4 is 15.4 Å². The first kappa shape index (κ1) is 23.1. The summed E-state index contributed by atoms with van der Waals surface area (Å²) in [5.41, 5.74) is 2.27. The summed E-state index contributed by atoms with van der Waals surface area (Å²) in [5.74, 6) is -0.115. The van der Waals surface area contributed by atoms with Crippen LogP contribution in [0.5, 0.6) is 5.75 Å². The van der Waals surface area contributed by atoms with E-state index in [1.54, 1.807) is 43.3 Å². The van der Waals surface area contributed by atoms with Crippen molar-refractivity contribution in [3.63, 3.8) is 0 Å². The summed E-state index contributed by atoms with van der Waals surface area (Å²) in [6, 6.07) is 16.2. The van der Waals surface area contributed by atoms with Crippen LogP contribution in [-0.2, 0) is 0 Å². The van der Waals surface area contributed by atoms with Crippen LogP contribution in [0.1, 0.15) is 17.3 Å². The summed E-state index contributed by atoms with van der Waals surface area (Å²) >= 11 is 11.2. The van der Waals surface area contributed by atoms with Crippen LogP contribution >= 0.6 is 23.8 Å². The fourth-order valence-electron chi connectivity index (χ4n) is 3.17. The fourth-order valence-corrected chi connectivity index (χ4v) is 3.55. The molecule has 1 amide bonds. The number of carbonyl (C=O) groups excluding carboxylic acids is 1. The molecule has 9 nitrogen and oxygen atoms in total. The lowest BCUT2D eigenvalue weighted by atomic mass is 10.1. The second-order valence-corrected chi connectivity index (χ2v) is 7.84. The highest BCUT2D eigenvalue weighted by Gasteiger charge is 2.19. The third-order valence-corrected chi connectivity index (χ3v) is 5.10. The van der Waals surface area contributed by atoms with Crippen molar-refractivity contribution < 1.29 is 18.9 Å². The number of nitrogens with one attached hydrogen (secondary N) is 2. The predicted molar refractivity (Wildman–Crippen MR) is 132 cm³/mol. The van der Waals surface area contributed by atoms with Crippen molar-refractivity contribution in [3.8, 4) is 17.2 Å². The Kier molecular flexibility index (Phi) is 6.71. The third kappa shape index (κ3) is 5.13. The molecule has 0 bridgehead atoms. The van der Waals surface area contributed by atoms with Gasteiger partial charge in [-0.15, -0.1) is 0 Å². The number of rotatable bonds is 6. The zero-order valence-electron chi connectivity index (χ0n) is 17.7. The summed E-state index contributed by atoms with van der Waals surface area (Å²) in [6.07, 6.45) is 0. The molecular weight excluding hydrogens is 480 g/mol. The van der Waals surface area contributed by atoms with Crippen molar-refractivity contribution in [3.05, 3.63) is 81.4 Å². The number of thiocarbonyl (C=S) groups is 1. The van der Waals surface area contributed by atoms with E-state index in [0.717, 1.165) is 6.07 Å². The van der Waals surface area contributed by atoms with Crippen LogP contribution in [0.2, 0.25) is 5.02 Å². The van der Waals surface area contributed by atoms with Crippen LogP contribution in [-0.4, -0.2) is 27.5 Å². The molecule has 0 saturated heterocycles. The maximum absolute atomic E-state index is 12.6. The van der Waals surface area contributed by atoms with Gasteiger partial charge in [-0.1, -0.05) is 17.7 Å². The number of benzene rings is 3. The molecule has 1 heterocycles. The second kappa shape index (κ2) is 9.86. The van der Waals surface area contributed by atoms with Gasteiger partial charge in [0.2, 0.25) is 5.89 Å². The molecule has 0 spiro atoms. The van der Waals surface area contributed by atoms with Crippen LogP contribution in [0, 0.1) is 10.1 Å². The number of carbonyl (C=O) groups is 1. The number of amides is 1. The molecule has 172 valence electrons. The molecule has 11 heteroatoms. The quantitative estimate of drug-likeness (QED) is 0.201. The molecular formula is C23H17ClN4O5S. The first-order valence-corrected chi connectivity index (χ1v) is 10.8. The van der Waals surface area contributed by atoms with E-state index in [4.69, 9.17) is 33.0 Å². The molecule has 0 aliphatic carbocycles. The fraction of sp³-hybridized carbons (Fsp3) is 0.0870. The summed E-state index contributed by atoms with van der Waals surface area (Å²) in [4.78, 5) is 27.7. The highest BCUT2D eigenvalue weighted by molar-refractivity contribution is 7.80.